The molecule has 0 unspecified atom stereocenters. The van der Waals surface area contributed by atoms with Gasteiger partial charge in [0.05, 0.1) is 28.3 Å². The molecule has 2 amide bonds. The minimum absolute atomic E-state index is 0.0349. The SMILES string of the molecule is COc1ccc(/C=C2\Sc3ccccc3N(CC(=O)NC[C@@H]3CCCO3)C2=O)cc1Br. The Hall–Kier alpha value is -2.29. The van der Waals surface area contributed by atoms with Crippen molar-refractivity contribution in [3.05, 3.63) is 57.4 Å². The molecule has 2 heterocycles. The number of anilines is 1. The number of nitrogens with zero attached hydrogens (tertiary/aromatic N) is 1. The maximum absolute atomic E-state index is 13.3. The van der Waals surface area contributed by atoms with E-state index >= 15 is 0 Å². The zero-order valence-corrected chi connectivity index (χ0v) is 19.5. The number of fused-ring (bicyclic) bond motifs is 1. The monoisotopic (exact) mass is 502 g/mol. The minimum atomic E-state index is -0.197. The number of rotatable bonds is 6. The van der Waals surface area contributed by atoms with E-state index in [0.29, 0.717) is 11.4 Å². The highest BCUT2D eigenvalue weighted by molar-refractivity contribution is 9.10. The first kappa shape index (κ1) is 21.9. The van der Waals surface area contributed by atoms with Gasteiger partial charge < -0.3 is 14.8 Å². The van der Waals surface area contributed by atoms with Crippen LogP contribution in [-0.2, 0) is 14.3 Å². The molecular formula is C23H23BrN2O4S. The van der Waals surface area contributed by atoms with Crippen LogP contribution in [0.15, 0.2) is 56.7 Å². The zero-order chi connectivity index (χ0) is 21.8. The molecule has 0 saturated carbocycles. The normalized spacial score (nSPS) is 19.4. The Kier molecular flexibility index (Phi) is 6.99. The van der Waals surface area contributed by atoms with Gasteiger partial charge in [-0.3, -0.25) is 14.5 Å². The predicted molar refractivity (Wildman–Crippen MR) is 125 cm³/mol. The molecule has 4 rings (SSSR count). The molecule has 0 bridgehead atoms. The number of nitrogens with one attached hydrogen (secondary N) is 1. The van der Waals surface area contributed by atoms with Gasteiger partial charge in [0.25, 0.3) is 5.91 Å². The van der Waals surface area contributed by atoms with Crippen molar-refractivity contribution in [1.82, 2.24) is 5.32 Å². The van der Waals surface area contributed by atoms with E-state index in [0.717, 1.165) is 45.8 Å². The average Bonchev–Trinajstić information content (AvgIpc) is 3.29. The molecule has 31 heavy (non-hydrogen) atoms. The van der Waals surface area contributed by atoms with Crippen molar-refractivity contribution < 1.29 is 19.1 Å². The van der Waals surface area contributed by atoms with Gasteiger partial charge in [-0.25, -0.2) is 0 Å². The van der Waals surface area contributed by atoms with Crippen molar-refractivity contribution in [3.8, 4) is 5.75 Å². The van der Waals surface area contributed by atoms with Crippen LogP contribution in [-0.4, -0.2) is 44.7 Å². The summed E-state index contributed by atoms with van der Waals surface area (Å²) in [5.41, 5.74) is 1.61. The van der Waals surface area contributed by atoms with Crippen molar-refractivity contribution >= 4 is 51.3 Å². The Bertz CT molecular complexity index is 1020. The maximum atomic E-state index is 13.3. The topological polar surface area (TPSA) is 67.9 Å². The molecule has 162 valence electrons. The van der Waals surface area contributed by atoms with Crippen LogP contribution < -0.4 is 15.0 Å². The molecule has 0 radical (unpaired) electrons. The molecule has 6 nitrogen and oxygen atoms in total. The molecule has 1 atom stereocenters. The highest BCUT2D eigenvalue weighted by Gasteiger charge is 2.30. The number of halogens is 1. The van der Waals surface area contributed by atoms with E-state index in [1.165, 1.54) is 11.8 Å². The first-order chi connectivity index (χ1) is 15.0. The second kappa shape index (κ2) is 9.89. The second-order valence-electron chi connectivity index (χ2n) is 7.30. The number of thioether (sulfide) groups is 1. The Balaban J connectivity index is 1.55. The van der Waals surface area contributed by atoms with Gasteiger partial charge in [-0.1, -0.05) is 30.0 Å². The highest BCUT2D eigenvalue weighted by Crippen LogP contribution is 2.42. The van der Waals surface area contributed by atoms with Crippen molar-refractivity contribution in [2.24, 2.45) is 0 Å². The van der Waals surface area contributed by atoms with E-state index in [-0.39, 0.29) is 24.5 Å². The van der Waals surface area contributed by atoms with Crippen LogP contribution in [0.25, 0.3) is 6.08 Å². The Labute approximate surface area is 194 Å². The molecule has 8 heteroatoms. The Morgan fingerprint density at radius 1 is 1.35 bits per heavy atom. The van der Waals surface area contributed by atoms with E-state index in [4.69, 9.17) is 9.47 Å². The van der Waals surface area contributed by atoms with Gasteiger partial charge in [-0.2, -0.15) is 0 Å². The summed E-state index contributed by atoms with van der Waals surface area (Å²) >= 11 is 4.90. The number of methoxy groups -OCH3 is 1. The predicted octanol–water partition coefficient (Wildman–Crippen LogP) is 4.23. The summed E-state index contributed by atoms with van der Waals surface area (Å²) in [5.74, 6) is 0.333. The summed E-state index contributed by atoms with van der Waals surface area (Å²) in [6.07, 6.45) is 3.87. The van der Waals surface area contributed by atoms with E-state index in [1.807, 2.05) is 48.5 Å². The number of carbonyl (C=O) groups excluding carboxylic acids is 2. The molecule has 2 aliphatic rings. The van der Waals surface area contributed by atoms with Crippen LogP contribution in [0.1, 0.15) is 18.4 Å². The van der Waals surface area contributed by atoms with E-state index < -0.39 is 0 Å². The number of para-hydroxylation sites is 1. The number of benzene rings is 2. The fourth-order valence-corrected chi connectivity index (χ4v) is 5.19. The quantitative estimate of drug-likeness (QED) is 0.598. The Morgan fingerprint density at radius 2 is 2.19 bits per heavy atom. The first-order valence-electron chi connectivity index (χ1n) is 10.1. The maximum Gasteiger partial charge on any atom is 0.265 e. The molecule has 1 saturated heterocycles. The molecule has 2 aromatic rings. The molecule has 1 fully saturated rings. The summed E-state index contributed by atoms with van der Waals surface area (Å²) in [5, 5.41) is 2.90. The smallest absolute Gasteiger partial charge is 0.265 e. The van der Waals surface area contributed by atoms with Crippen molar-refractivity contribution in [2.75, 3.05) is 31.7 Å². The summed E-state index contributed by atoms with van der Waals surface area (Å²) in [6.45, 7) is 1.18. The van der Waals surface area contributed by atoms with Gasteiger partial charge in [0.1, 0.15) is 12.3 Å². The number of hydrogen-bond acceptors (Lipinski definition) is 5. The van der Waals surface area contributed by atoms with Crippen molar-refractivity contribution in [3.63, 3.8) is 0 Å². The molecular weight excluding hydrogens is 480 g/mol. The largest absolute Gasteiger partial charge is 0.496 e. The number of carbonyl (C=O) groups is 2. The lowest BCUT2D eigenvalue weighted by Crippen LogP contribution is -2.44. The van der Waals surface area contributed by atoms with Crippen LogP contribution in [0.4, 0.5) is 5.69 Å². The van der Waals surface area contributed by atoms with Gasteiger partial charge in [-0.05, 0) is 64.7 Å². The third-order valence-corrected chi connectivity index (χ3v) is 6.86. The van der Waals surface area contributed by atoms with Crippen molar-refractivity contribution in [2.45, 2.75) is 23.8 Å². The third kappa shape index (κ3) is 5.14. The van der Waals surface area contributed by atoms with Crippen molar-refractivity contribution in [1.29, 1.82) is 0 Å². The van der Waals surface area contributed by atoms with Gasteiger partial charge in [0.15, 0.2) is 0 Å². The van der Waals surface area contributed by atoms with E-state index in [9.17, 15) is 9.59 Å². The van der Waals surface area contributed by atoms with Crippen LogP contribution in [0.2, 0.25) is 0 Å². The molecule has 2 aliphatic heterocycles. The zero-order valence-electron chi connectivity index (χ0n) is 17.1. The number of amides is 2. The first-order valence-corrected chi connectivity index (χ1v) is 11.7. The number of ether oxygens (including phenoxy) is 2. The fraction of sp³-hybridized carbons (Fsp3) is 0.304. The standard InChI is InChI=1S/C23H23BrN2O4S/c1-29-19-9-8-15(11-17(19)24)12-21-23(28)26(18-6-2-3-7-20(18)31-21)14-22(27)25-13-16-5-4-10-30-16/h2-3,6-9,11-12,16H,4-5,10,13-14H2,1H3,(H,25,27)/b21-12-/t16-/m0/s1. The third-order valence-electron chi connectivity index (χ3n) is 5.16. The summed E-state index contributed by atoms with van der Waals surface area (Å²) < 4.78 is 11.6. The molecule has 0 aliphatic carbocycles. The number of hydrogen-bond donors (Lipinski definition) is 1. The van der Waals surface area contributed by atoms with Crippen LogP contribution in [0.5, 0.6) is 5.75 Å². The highest BCUT2D eigenvalue weighted by atomic mass is 79.9. The average molecular weight is 503 g/mol. The van der Waals surface area contributed by atoms with Crippen LogP contribution in [0.3, 0.4) is 0 Å². The summed E-state index contributed by atoms with van der Waals surface area (Å²) in [6, 6.07) is 13.3. The van der Waals surface area contributed by atoms with Gasteiger partial charge >= 0.3 is 0 Å². The van der Waals surface area contributed by atoms with E-state index in [2.05, 4.69) is 21.2 Å². The lowest BCUT2D eigenvalue weighted by atomic mass is 10.2. The molecule has 0 spiro atoms. The summed E-state index contributed by atoms with van der Waals surface area (Å²) in [4.78, 5) is 28.9. The molecule has 0 aromatic heterocycles. The second-order valence-corrected chi connectivity index (χ2v) is 9.24. The van der Waals surface area contributed by atoms with Gasteiger partial charge in [0.2, 0.25) is 5.91 Å². The van der Waals surface area contributed by atoms with Crippen LogP contribution >= 0.6 is 27.7 Å². The van der Waals surface area contributed by atoms with Gasteiger partial charge in [-0.15, -0.1) is 0 Å². The fourth-order valence-electron chi connectivity index (χ4n) is 3.58. The molecule has 2 aromatic carbocycles. The lowest BCUT2D eigenvalue weighted by molar-refractivity contribution is -0.122. The summed E-state index contributed by atoms with van der Waals surface area (Å²) in [7, 11) is 1.61. The van der Waals surface area contributed by atoms with E-state index in [1.54, 1.807) is 12.0 Å². The Morgan fingerprint density at radius 3 is 2.94 bits per heavy atom. The lowest BCUT2D eigenvalue weighted by Gasteiger charge is -2.30. The van der Waals surface area contributed by atoms with Crippen LogP contribution in [0, 0.1) is 0 Å². The van der Waals surface area contributed by atoms with Gasteiger partial charge in [0, 0.05) is 18.0 Å². The molecule has 1 N–H and O–H groups in total. The minimum Gasteiger partial charge on any atom is -0.496 e.